The number of amides is 1. The largest absolute Gasteiger partial charge is 0.419 e. The summed E-state index contributed by atoms with van der Waals surface area (Å²) in [7, 11) is 0. The average molecular weight is 502 g/mol. The van der Waals surface area contributed by atoms with Crippen molar-refractivity contribution in [3.05, 3.63) is 59.4 Å². The third-order valence-corrected chi connectivity index (χ3v) is 5.90. The molecule has 3 atom stereocenters. The number of anilines is 1. The topological polar surface area (TPSA) is 106 Å². The molecule has 4 rings (SSSR count). The minimum absolute atomic E-state index is 0.0331. The van der Waals surface area contributed by atoms with Gasteiger partial charge in [0.1, 0.15) is 5.69 Å². The number of hydrogen-bond donors (Lipinski definition) is 1. The normalized spacial score (nSPS) is 20.3. The van der Waals surface area contributed by atoms with Crippen LogP contribution < -0.4 is 5.32 Å². The van der Waals surface area contributed by atoms with Crippen LogP contribution in [0, 0.1) is 13.8 Å². The molecular weight excluding hydrogens is 475 g/mol. The first kappa shape index (κ1) is 25.4. The molecule has 12 heteroatoms. The number of hydrogen-bond acceptors (Lipinski definition) is 8. The minimum Gasteiger partial charge on any atom is -0.372 e. The van der Waals surface area contributed by atoms with Crippen LogP contribution in [-0.4, -0.2) is 67.1 Å². The van der Waals surface area contributed by atoms with Crippen molar-refractivity contribution < 1.29 is 22.7 Å². The fourth-order valence-corrected chi connectivity index (χ4v) is 4.18. The predicted octanol–water partition coefficient (Wildman–Crippen LogP) is 3.69. The quantitative estimate of drug-likeness (QED) is 0.564. The highest BCUT2D eigenvalue weighted by molar-refractivity contribution is 5.98. The molecule has 0 spiro atoms. The molecule has 1 amide bonds. The molecule has 0 unspecified atom stereocenters. The maximum absolute atomic E-state index is 13.8. The van der Waals surface area contributed by atoms with E-state index in [0.717, 1.165) is 6.20 Å². The van der Waals surface area contributed by atoms with Crippen LogP contribution in [0.5, 0.6) is 0 Å². The monoisotopic (exact) mass is 501 g/mol. The number of ether oxygens (including phenoxy) is 1. The van der Waals surface area contributed by atoms with Gasteiger partial charge >= 0.3 is 6.18 Å². The van der Waals surface area contributed by atoms with Crippen LogP contribution in [0.4, 0.5) is 19.1 Å². The molecule has 3 aromatic heterocycles. The van der Waals surface area contributed by atoms with Crippen molar-refractivity contribution in [3.8, 4) is 11.4 Å². The summed E-state index contributed by atoms with van der Waals surface area (Å²) in [6, 6.07) is 4.78. The Morgan fingerprint density at radius 1 is 1.14 bits per heavy atom. The van der Waals surface area contributed by atoms with Crippen molar-refractivity contribution in [1.82, 2.24) is 29.8 Å². The van der Waals surface area contributed by atoms with E-state index >= 15 is 0 Å². The number of morpholine rings is 1. The number of aryl methyl sites for hydroxylation is 2. The van der Waals surface area contributed by atoms with Crippen molar-refractivity contribution in [2.24, 2.45) is 0 Å². The first-order chi connectivity index (χ1) is 17.0. The van der Waals surface area contributed by atoms with Gasteiger partial charge in [-0.3, -0.25) is 4.79 Å². The highest BCUT2D eigenvalue weighted by Gasteiger charge is 2.38. The molecule has 1 N–H and O–H groups in total. The average Bonchev–Trinajstić information content (AvgIpc) is 2.82. The van der Waals surface area contributed by atoms with Gasteiger partial charge in [-0.2, -0.15) is 13.2 Å². The maximum atomic E-state index is 13.8. The number of carbonyl (C=O) groups is 1. The summed E-state index contributed by atoms with van der Waals surface area (Å²) in [5.74, 6) is 0.0938. The fraction of sp³-hybridized carbons (Fsp3) is 0.417. The lowest BCUT2D eigenvalue weighted by Gasteiger charge is -2.42. The Hall–Kier alpha value is -3.67. The predicted molar refractivity (Wildman–Crippen MR) is 125 cm³/mol. The number of carbonyl (C=O) groups excluding carboxylic acids is 1. The van der Waals surface area contributed by atoms with Crippen LogP contribution >= 0.6 is 0 Å². The molecule has 1 aliphatic heterocycles. The highest BCUT2D eigenvalue weighted by atomic mass is 19.4. The van der Waals surface area contributed by atoms with Crippen molar-refractivity contribution in [3.63, 3.8) is 0 Å². The summed E-state index contributed by atoms with van der Waals surface area (Å²) >= 11 is 0. The van der Waals surface area contributed by atoms with Crippen LogP contribution in [0.1, 0.15) is 41.3 Å². The Kier molecular flexibility index (Phi) is 7.16. The van der Waals surface area contributed by atoms with E-state index in [2.05, 4.69) is 30.2 Å². The molecule has 0 aromatic carbocycles. The van der Waals surface area contributed by atoms with Crippen LogP contribution in [0.15, 0.2) is 36.8 Å². The van der Waals surface area contributed by atoms with Gasteiger partial charge in [0.15, 0.2) is 5.82 Å². The molecule has 3 aromatic rings. The van der Waals surface area contributed by atoms with Gasteiger partial charge in [0, 0.05) is 37.4 Å². The molecule has 1 saturated heterocycles. The van der Waals surface area contributed by atoms with Crippen LogP contribution in [0.2, 0.25) is 0 Å². The van der Waals surface area contributed by atoms with Gasteiger partial charge in [0.05, 0.1) is 35.1 Å². The molecular formula is C24H26F3N7O2. The molecule has 36 heavy (non-hydrogen) atoms. The van der Waals surface area contributed by atoms with Gasteiger partial charge in [0.25, 0.3) is 5.91 Å². The van der Waals surface area contributed by atoms with E-state index in [-0.39, 0.29) is 42.0 Å². The molecule has 4 heterocycles. The number of nitrogens with zero attached hydrogens (tertiary/aromatic N) is 6. The van der Waals surface area contributed by atoms with Crippen molar-refractivity contribution in [2.75, 3.05) is 18.4 Å². The SMILES string of the molecule is Cc1ccc(-c2ncccn2)c(C(=O)N2C[C@@H](C)O[C@@H](C)[C@H]2CNc2ncc(C(F)(F)F)c(C)n2)n1. The van der Waals surface area contributed by atoms with Crippen molar-refractivity contribution in [1.29, 1.82) is 0 Å². The minimum atomic E-state index is -4.53. The Labute approximate surface area is 206 Å². The summed E-state index contributed by atoms with van der Waals surface area (Å²) in [6.45, 7) is 7.23. The number of halogens is 3. The molecule has 0 aliphatic carbocycles. The lowest BCUT2D eigenvalue weighted by molar-refractivity contribution is -0.138. The van der Waals surface area contributed by atoms with E-state index in [1.165, 1.54) is 6.92 Å². The van der Waals surface area contributed by atoms with E-state index in [4.69, 9.17) is 4.74 Å². The number of aromatic nitrogens is 5. The van der Waals surface area contributed by atoms with Gasteiger partial charge in [-0.25, -0.2) is 24.9 Å². The van der Waals surface area contributed by atoms with Crippen molar-refractivity contribution >= 4 is 11.9 Å². The Morgan fingerprint density at radius 3 is 2.53 bits per heavy atom. The second-order valence-corrected chi connectivity index (χ2v) is 8.67. The molecule has 1 fully saturated rings. The summed E-state index contributed by atoms with van der Waals surface area (Å²) in [4.78, 5) is 36.3. The first-order valence-electron chi connectivity index (χ1n) is 11.4. The Bertz CT molecular complexity index is 1240. The number of pyridine rings is 1. The Morgan fingerprint density at radius 2 is 1.86 bits per heavy atom. The maximum Gasteiger partial charge on any atom is 0.419 e. The molecule has 0 radical (unpaired) electrons. The number of alkyl halides is 3. The lowest BCUT2D eigenvalue weighted by Crippen LogP contribution is -2.58. The third kappa shape index (κ3) is 5.43. The van der Waals surface area contributed by atoms with Gasteiger partial charge in [0.2, 0.25) is 5.95 Å². The van der Waals surface area contributed by atoms with Crippen LogP contribution in [-0.2, 0) is 10.9 Å². The van der Waals surface area contributed by atoms with E-state index in [1.54, 1.807) is 42.4 Å². The molecule has 0 saturated carbocycles. The summed E-state index contributed by atoms with van der Waals surface area (Å²) in [6.07, 6.45) is -1.20. The molecule has 190 valence electrons. The van der Waals surface area contributed by atoms with Gasteiger partial charge < -0.3 is 15.0 Å². The second-order valence-electron chi connectivity index (χ2n) is 8.67. The number of rotatable bonds is 5. The fourth-order valence-electron chi connectivity index (χ4n) is 4.18. The zero-order valence-corrected chi connectivity index (χ0v) is 20.2. The van der Waals surface area contributed by atoms with Crippen molar-refractivity contribution in [2.45, 2.75) is 52.1 Å². The van der Waals surface area contributed by atoms with Crippen LogP contribution in [0.25, 0.3) is 11.4 Å². The van der Waals surface area contributed by atoms with E-state index in [0.29, 0.717) is 23.6 Å². The second kappa shape index (κ2) is 10.1. The van der Waals surface area contributed by atoms with Gasteiger partial charge in [-0.15, -0.1) is 0 Å². The zero-order valence-electron chi connectivity index (χ0n) is 20.2. The van der Waals surface area contributed by atoms with Gasteiger partial charge in [-0.1, -0.05) is 0 Å². The highest BCUT2D eigenvalue weighted by Crippen LogP contribution is 2.31. The molecule has 9 nitrogen and oxygen atoms in total. The standard InChI is InChI=1S/C24H26F3N7O2/c1-13-6-7-17(21-28-8-5-9-29-21)20(32-13)22(35)34-12-14(2)36-16(4)19(34)11-31-23-30-10-18(15(3)33-23)24(25,26)27/h5-10,14,16,19H,11-12H2,1-4H3,(H,30,31,33)/t14-,16+,19-/m1/s1. The smallest absolute Gasteiger partial charge is 0.372 e. The summed E-state index contributed by atoms with van der Waals surface area (Å²) in [5, 5.41) is 2.96. The molecule has 1 aliphatic rings. The van der Waals surface area contributed by atoms with E-state index in [9.17, 15) is 18.0 Å². The lowest BCUT2D eigenvalue weighted by atomic mass is 10.0. The first-order valence-corrected chi connectivity index (χ1v) is 11.4. The summed E-state index contributed by atoms with van der Waals surface area (Å²) < 4.78 is 45.1. The third-order valence-electron chi connectivity index (χ3n) is 5.90. The number of nitrogens with one attached hydrogen (secondary N) is 1. The van der Waals surface area contributed by atoms with Gasteiger partial charge in [-0.05, 0) is 45.9 Å². The zero-order chi connectivity index (χ0) is 26.0. The summed E-state index contributed by atoms with van der Waals surface area (Å²) in [5.41, 5.74) is 0.302. The molecule has 0 bridgehead atoms. The van der Waals surface area contributed by atoms with E-state index < -0.39 is 17.8 Å². The Balaban J connectivity index is 1.61. The van der Waals surface area contributed by atoms with Crippen LogP contribution in [0.3, 0.4) is 0 Å². The van der Waals surface area contributed by atoms with E-state index in [1.807, 2.05) is 13.8 Å².